The van der Waals surface area contributed by atoms with Gasteiger partial charge >= 0.3 is 0 Å². The van der Waals surface area contributed by atoms with E-state index in [1.54, 1.807) is 19.2 Å². The van der Waals surface area contributed by atoms with E-state index >= 15 is 0 Å². The van der Waals surface area contributed by atoms with Crippen LogP contribution in [0.3, 0.4) is 0 Å². The van der Waals surface area contributed by atoms with Crippen LogP contribution < -0.4 is 10.1 Å². The molecule has 0 aromatic carbocycles. The van der Waals surface area contributed by atoms with Crippen molar-refractivity contribution in [3.8, 4) is 17.6 Å². The number of nitrogens with zero attached hydrogens (tertiary/aromatic N) is 1. The normalized spacial score (nSPS) is 8.88. The molecule has 16 heavy (non-hydrogen) atoms. The highest BCUT2D eigenvalue weighted by Gasteiger charge is 2.10. The summed E-state index contributed by atoms with van der Waals surface area (Å²) in [6.45, 7) is 2.30. The Kier molecular flexibility index (Phi) is 4.87. The van der Waals surface area contributed by atoms with Gasteiger partial charge in [0.05, 0.1) is 18.9 Å². The molecule has 0 saturated carbocycles. The number of pyridine rings is 1. The van der Waals surface area contributed by atoms with Crippen LogP contribution in [0.15, 0.2) is 18.5 Å². The molecule has 0 bridgehead atoms. The Labute approximate surface area is 95.0 Å². The van der Waals surface area contributed by atoms with E-state index in [1.165, 1.54) is 13.3 Å². The average molecular weight is 218 g/mol. The van der Waals surface area contributed by atoms with Crippen LogP contribution in [0.4, 0.5) is 0 Å². The van der Waals surface area contributed by atoms with Crippen molar-refractivity contribution in [1.82, 2.24) is 10.3 Å². The molecule has 0 aliphatic rings. The summed E-state index contributed by atoms with van der Waals surface area (Å²) in [5.41, 5.74) is 0.488. The van der Waals surface area contributed by atoms with Gasteiger partial charge in [-0.2, -0.15) is 0 Å². The molecule has 4 heteroatoms. The van der Waals surface area contributed by atoms with E-state index in [9.17, 15) is 4.79 Å². The molecule has 1 aromatic rings. The molecule has 4 nitrogen and oxygen atoms in total. The molecule has 0 saturated heterocycles. The Morgan fingerprint density at radius 2 is 2.44 bits per heavy atom. The molecule has 1 rings (SSSR count). The van der Waals surface area contributed by atoms with E-state index in [1.807, 2.05) is 0 Å². The average Bonchev–Trinajstić information content (AvgIpc) is 2.34. The second-order valence-corrected chi connectivity index (χ2v) is 3.01. The van der Waals surface area contributed by atoms with Crippen molar-refractivity contribution < 1.29 is 9.53 Å². The van der Waals surface area contributed by atoms with Gasteiger partial charge in [-0.3, -0.25) is 9.78 Å². The highest BCUT2D eigenvalue weighted by Crippen LogP contribution is 2.14. The summed E-state index contributed by atoms with van der Waals surface area (Å²) in [4.78, 5) is 15.6. The number of methoxy groups -OCH3 is 1. The van der Waals surface area contributed by atoms with E-state index in [0.717, 1.165) is 0 Å². The molecule has 1 aromatic heterocycles. The molecule has 1 N–H and O–H groups in total. The summed E-state index contributed by atoms with van der Waals surface area (Å²) >= 11 is 0. The van der Waals surface area contributed by atoms with Crippen LogP contribution in [-0.4, -0.2) is 24.5 Å². The number of aromatic nitrogens is 1. The van der Waals surface area contributed by atoms with E-state index in [0.29, 0.717) is 24.3 Å². The highest BCUT2D eigenvalue weighted by atomic mass is 16.5. The van der Waals surface area contributed by atoms with Crippen LogP contribution in [0.1, 0.15) is 23.7 Å². The lowest BCUT2D eigenvalue weighted by molar-refractivity contribution is 0.0951. The minimum absolute atomic E-state index is 0.169. The van der Waals surface area contributed by atoms with Gasteiger partial charge in [-0.05, 0) is 13.0 Å². The van der Waals surface area contributed by atoms with Gasteiger partial charge in [-0.15, -0.1) is 11.8 Å². The molecule has 0 fully saturated rings. The minimum atomic E-state index is -0.169. The second kappa shape index (κ2) is 6.46. The number of carbonyl (C=O) groups is 1. The standard InChI is InChI=1S/C12H14N2O2/c1-3-4-5-7-14-12(15)10-6-8-13-9-11(10)16-2/h6,8-9H,5,7H2,1-2H3,(H,14,15). The molecule has 0 spiro atoms. The van der Waals surface area contributed by atoms with Gasteiger partial charge in [0.15, 0.2) is 0 Å². The first-order chi connectivity index (χ1) is 7.79. The Morgan fingerprint density at radius 3 is 3.12 bits per heavy atom. The van der Waals surface area contributed by atoms with E-state index in [-0.39, 0.29) is 5.91 Å². The van der Waals surface area contributed by atoms with Crippen LogP contribution >= 0.6 is 0 Å². The van der Waals surface area contributed by atoms with Gasteiger partial charge < -0.3 is 10.1 Å². The summed E-state index contributed by atoms with van der Waals surface area (Å²) in [5.74, 6) is 5.95. The predicted molar refractivity (Wildman–Crippen MR) is 61.2 cm³/mol. The molecule has 1 heterocycles. The quantitative estimate of drug-likeness (QED) is 0.611. The van der Waals surface area contributed by atoms with Crippen LogP contribution in [-0.2, 0) is 0 Å². The fourth-order valence-electron chi connectivity index (χ4n) is 1.19. The largest absolute Gasteiger partial charge is 0.494 e. The topological polar surface area (TPSA) is 51.2 Å². The molecular weight excluding hydrogens is 204 g/mol. The third kappa shape index (κ3) is 3.28. The summed E-state index contributed by atoms with van der Waals surface area (Å²) in [5, 5.41) is 2.76. The first kappa shape index (κ1) is 12.1. The Bertz CT molecular complexity index is 419. The van der Waals surface area contributed by atoms with Crippen molar-refractivity contribution in [3.63, 3.8) is 0 Å². The molecular formula is C12H14N2O2. The number of carbonyl (C=O) groups excluding carboxylic acids is 1. The van der Waals surface area contributed by atoms with Crippen molar-refractivity contribution in [3.05, 3.63) is 24.0 Å². The maximum atomic E-state index is 11.7. The maximum absolute atomic E-state index is 11.7. The predicted octanol–water partition coefficient (Wildman–Crippen LogP) is 1.23. The lowest BCUT2D eigenvalue weighted by Crippen LogP contribution is -2.24. The van der Waals surface area contributed by atoms with E-state index in [2.05, 4.69) is 22.1 Å². The van der Waals surface area contributed by atoms with Gasteiger partial charge in [0, 0.05) is 19.2 Å². The Balaban J connectivity index is 2.61. The van der Waals surface area contributed by atoms with Gasteiger partial charge in [0.2, 0.25) is 0 Å². The zero-order valence-corrected chi connectivity index (χ0v) is 9.41. The second-order valence-electron chi connectivity index (χ2n) is 3.01. The van der Waals surface area contributed by atoms with Crippen molar-refractivity contribution >= 4 is 5.91 Å². The minimum Gasteiger partial charge on any atom is -0.494 e. The Morgan fingerprint density at radius 1 is 1.62 bits per heavy atom. The fourth-order valence-corrected chi connectivity index (χ4v) is 1.19. The number of nitrogens with one attached hydrogen (secondary N) is 1. The molecule has 0 radical (unpaired) electrons. The monoisotopic (exact) mass is 218 g/mol. The van der Waals surface area contributed by atoms with Gasteiger partial charge in [-0.25, -0.2) is 0 Å². The number of amides is 1. The molecule has 0 unspecified atom stereocenters. The van der Waals surface area contributed by atoms with Crippen LogP contribution in [0.25, 0.3) is 0 Å². The van der Waals surface area contributed by atoms with Crippen molar-refractivity contribution in [2.75, 3.05) is 13.7 Å². The van der Waals surface area contributed by atoms with Crippen molar-refractivity contribution in [2.24, 2.45) is 0 Å². The lowest BCUT2D eigenvalue weighted by atomic mass is 10.2. The van der Waals surface area contributed by atoms with Gasteiger partial charge in [0.1, 0.15) is 5.75 Å². The SMILES string of the molecule is CC#CCCNC(=O)c1ccncc1OC. The van der Waals surface area contributed by atoms with Gasteiger partial charge in [-0.1, -0.05) is 0 Å². The summed E-state index contributed by atoms with van der Waals surface area (Å²) < 4.78 is 5.04. The number of hydrogen-bond acceptors (Lipinski definition) is 3. The molecule has 0 aliphatic carbocycles. The number of hydrogen-bond donors (Lipinski definition) is 1. The van der Waals surface area contributed by atoms with Crippen molar-refractivity contribution in [1.29, 1.82) is 0 Å². The summed E-state index contributed by atoms with van der Waals surface area (Å²) in [7, 11) is 1.51. The first-order valence-corrected chi connectivity index (χ1v) is 4.95. The number of rotatable bonds is 4. The molecule has 0 atom stereocenters. The smallest absolute Gasteiger partial charge is 0.255 e. The van der Waals surface area contributed by atoms with Crippen LogP contribution in [0.2, 0.25) is 0 Å². The zero-order chi connectivity index (χ0) is 11.8. The van der Waals surface area contributed by atoms with Crippen LogP contribution in [0, 0.1) is 11.8 Å². The lowest BCUT2D eigenvalue weighted by Gasteiger charge is -2.07. The van der Waals surface area contributed by atoms with E-state index < -0.39 is 0 Å². The maximum Gasteiger partial charge on any atom is 0.255 e. The fraction of sp³-hybridized carbons (Fsp3) is 0.333. The molecule has 0 aliphatic heterocycles. The van der Waals surface area contributed by atoms with Crippen molar-refractivity contribution in [2.45, 2.75) is 13.3 Å². The third-order valence-electron chi connectivity index (χ3n) is 1.96. The van der Waals surface area contributed by atoms with Crippen LogP contribution in [0.5, 0.6) is 5.75 Å². The Hall–Kier alpha value is -2.02. The zero-order valence-electron chi connectivity index (χ0n) is 9.41. The molecule has 1 amide bonds. The third-order valence-corrected chi connectivity index (χ3v) is 1.96. The highest BCUT2D eigenvalue weighted by molar-refractivity contribution is 5.96. The van der Waals surface area contributed by atoms with E-state index in [4.69, 9.17) is 4.74 Å². The number of ether oxygens (including phenoxy) is 1. The first-order valence-electron chi connectivity index (χ1n) is 4.95. The molecule has 84 valence electrons. The van der Waals surface area contributed by atoms with Gasteiger partial charge in [0.25, 0.3) is 5.91 Å². The summed E-state index contributed by atoms with van der Waals surface area (Å²) in [6.07, 6.45) is 3.72. The summed E-state index contributed by atoms with van der Waals surface area (Å²) in [6, 6.07) is 1.62.